The molecule has 0 bridgehead atoms. The van der Waals surface area contributed by atoms with Crippen molar-refractivity contribution in [1.82, 2.24) is 4.90 Å². The number of thioether (sulfide) groups is 1. The minimum Gasteiger partial charge on any atom is -0.481 e. The molecule has 6 nitrogen and oxygen atoms in total. The number of carbonyl (C=O) groups excluding carboxylic acids is 1. The predicted molar refractivity (Wildman–Crippen MR) is 84.0 cm³/mol. The molecule has 22 heavy (non-hydrogen) atoms. The van der Waals surface area contributed by atoms with Crippen LogP contribution in [0.4, 0.5) is 0 Å². The number of hydrogen-bond donors (Lipinski definition) is 1. The number of nitrogens with zero attached hydrogens (tertiary/aromatic N) is 1. The molecule has 0 radical (unpaired) electrons. The van der Waals surface area contributed by atoms with E-state index >= 15 is 0 Å². The number of rotatable bonds is 4. The van der Waals surface area contributed by atoms with Gasteiger partial charge >= 0.3 is 5.97 Å². The molecular formula is C14H17NO5S2. The number of carbonyl (C=O) groups is 2. The summed E-state index contributed by atoms with van der Waals surface area (Å²) in [5.41, 5.74) is 0.269. The van der Waals surface area contributed by atoms with Crippen LogP contribution in [0.3, 0.4) is 0 Å². The van der Waals surface area contributed by atoms with Crippen molar-refractivity contribution in [3.05, 3.63) is 29.8 Å². The fraction of sp³-hybridized carbons (Fsp3) is 0.429. The lowest BCUT2D eigenvalue weighted by molar-refractivity contribution is -0.138. The molecule has 1 N–H and O–H groups in total. The van der Waals surface area contributed by atoms with E-state index in [2.05, 4.69) is 0 Å². The summed E-state index contributed by atoms with van der Waals surface area (Å²) in [5, 5.41) is 8.96. The van der Waals surface area contributed by atoms with Crippen molar-refractivity contribution >= 4 is 33.5 Å². The van der Waals surface area contributed by atoms with E-state index < -0.39 is 15.8 Å². The molecule has 1 fully saturated rings. The lowest BCUT2D eigenvalue weighted by Gasteiger charge is -2.34. The minimum atomic E-state index is -3.39. The summed E-state index contributed by atoms with van der Waals surface area (Å²) < 4.78 is 23.2. The van der Waals surface area contributed by atoms with E-state index in [-0.39, 0.29) is 28.8 Å². The number of carboxylic acids is 1. The van der Waals surface area contributed by atoms with E-state index in [4.69, 9.17) is 5.11 Å². The van der Waals surface area contributed by atoms with Gasteiger partial charge in [-0.2, -0.15) is 11.8 Å². The van der Waals surface area contributed by atoms with E-state index in [0.29, 0.717) is 12.3 Å². The summed E-state index contributed by atoms with van der Waals surface area (Å²) in [4.78, 5) is 25.1. The second-order valence-corrected chi connectivity index (χ2v) is 8.29. The van der Waals surface area contributed by atoms with Crippen LogP contribution >= 0.6 is 11.8 Å². The van der Waals surface area contributed by atoms with Gasteiger partial charge in [0.2, 0.25) is 0 Å². The Hall–Kier alpha value is -1.54. The molecule has 1 aromatic carbocycles. The molecule has 0 aromatic heterocycles. The van der Waals surface area contributed by atoms with Crippen LogP contribution in [0.5, 0.6) is 0 Å². The highest BCUT2D eigenvalue weighted by molar-refractivity contribution is 7.99. The van der Waals surface area contributed by atoms with Gasteiger partial charge in [0.1, 0.15) is 0 Å². The summed E-state index contributed by atoms with van der Waals surface area (Å²) >= 11 is 1.62. The van der Waals surface area contributed by atoms with Crippen LogP contribution in [0, 0.1) is 0 Å². The maximum Gasteiger partial charge on any atom is 0.305 e. The van der Waals surface area contributed by atoms with Gasteiger partial charge in [0.25, 0.3) is 5.91 Å². The molecule has 0 spiro atoms. The summed E-state index contributed by atoms with van der Waals surface area (Å²) in [6.07, 6.45) is 0.978. The normalized spacial score (nSPS) is 19.0. The van der Waals surface area contributed by atoms with Crippen LogP contribution in [0.2, 0.25) is 0 Å². The molecule has 1 aliphatic heterocycles. The molecular weight excluding hydrogens is 326 g/mol. The first-order valence-electron chi connectivity index (χ1n) is 6.69. The van der Waals surface area contributed by atoms with Gasteiger partial charge in [-0.15, -0.1) is 0 Å². The third kappa shape index (κ3) is 4.01. The van der Waals surface area contributed by atoms with Crippen molar-refractivity contribution in [3.8, 4) is 0 Å². The summed E-state index contributed by atoms with van der Waals surface area (Å²) in [5.74, 6) is 0.0458. The standard InChI is InChI=1S/C14H17NO5S2/c1-22(19,20)12-4-2-3-10(7-12)14(18)15-5-6-21-9-11(15)8-13(16)17/h2-4,7,11H,5-6,8-9H2,1H3,(H,16,17). The summed E-state index contributed by atoms with van der Waals surface area (Å²) in [7, 11) is -3.39. The maximum absolute atomic E-state index is 12.6. The summed E-state index contributed by atoms with van der Waals surface area (Å²) in [6, 6.07) is 5.49. The molecule has 1 heterocycles. The van der Waals surface area contributed by atoms with E-state index in [1.165, 1.54) is 23.1 Å². The Morgan fingerprint density at radius 1 is 1.41 bits per heavy atom. The number of hydrogen-bond acceptors (Lipinski definition) is 5. The largest absolute Gasteiger partial charge is 0.481 e. The Morgan fingerprint density at radius 2 is 2.14 bits per heavy atom. The number of sulfone groups is 1. The Labute approximate surface area is 133 Å². The molecule has 0 aliphatic carbocycles. The fourth-order valence-electron chi connectivity index (χ4n) is 2.32. The van der Waals surface area contributed by atoms with Crippen LogP contribution in [0.1, 0.15) is 16.8 Å². The topological polar surface area (TPSA) is 91.8 Å². The Balaban J connectivity index is 2.27. The molecule has 0 saturated carbocycles. The zero-order chi connectivity index (χ0) is 16.3. The van der Waals surface area contributed by atoms with Crippen molar-refractivity contribution in [2.45, 2.75) is 17.4 Å². The van der Waals surface area contributed by atoms with Crippen LogP contribution in [-0.4, -0.2) is 60.6 Å². The molecule has 8 heteroatoms. The molecule has 1 amide bonds. The average molecular weight is 343 g/mol. The number of amides is 1. The molecule has 1 saturated heterocycles. The molecule has 120 valence electrons. The van der Waals surface area contributed by atoms with Crippen molar-refractivity contribution in [2.75, 3.05) is 24.3 Å². The van der Waals surface area contributed by atoms with Crippen LogP contribution in [-0.2, 0) is 14.6 Å². The fourth-order valence-corrected chi connectivity index (χ4v) is 4.05. The second kappa shape index (κ2) is 6.70. The number of aliphatic carboxylic acids is 1. The van der Waals surface area contributed by atoms with Gasteiger partial charge in [0.05, 0.1) is 17.4 Å². The molecule has 1 aromatic rings. The number of carboxylic acid groups (broad SMARTS) is 1. The lowest BCUT2D eigenvalue weighted by atomic mass is 10.1. The molecule has 1 unspecified atom stereocenters. The zero-order valence-corrected chi connectivity index (χ0v) is 13.7. The first kappa shape index (κ1) is 16.8. The highest BCUT2D eigenvalue weighted by Crippen LogP contribution is 2.22. The molecule has 1 atom stereocenters. The van der Waals surface area contributed by atoms with Gasteiger partial charge in [-0.25, -0.2) is 8.42 Å². The second-order valence-electron chi connectivity index (χ2n) is 5.13. The Bertz CT molecular complexity index is 686. The smallest absolute Gasteiger partial charge is 0.305 e. The third-order valence-electron chi connectivity index (χ3n) is 3.41. The van der Waals surface area contributed by atoms with Crippen molar-refractivity contribution in [3.63, 3.8) is 0 Å². The molecule has 2 rings (SSSR count). The Kier molecular flexibility index (Phi) is 5.12. The van der Waals surface area contributed by atoms with Crippen LogP contribution in [0.25, 0.3) is 0 Å². The minimum absolute atomic E-state index is 0.0829. The summed E-state index contributed by atoms with van der Waals surface area (Å²) in [6.45, 7) is 0.463. The van der Waals surface area contributed by atoms with E-state index in [1.807, 2.05) is 0 Å². The van der Waals surface area contributed by atoms with Gasteiger partial charge in [0, 0.05) is 29.9 Å². The van der Waals surface area contributed by atoms with Gasteiger partial charge in [0.15, 0.2) is 9.84 Å². The first-order chi connectivity index (χ1) is 10.3. The van der Waals surface area contributed by atoms with E-state index in [9.17, 15) is 18.0 Å². The van der Waals surface area contributed by atoms with Gasteiger partial charge in [-0.05, 0) is 18.2 Å². The highest BCUT2D eigenvalue weighted by atomic mass is 32.2. The van der Waals surface area contributed by atoms with Gasteiger partial charge < -0.3 is 10.0 Å². The van der Waals surface area contributed by atoms with E-state index in [1.54, 1.807) is 17.8 Å². The van der Waals surface area contributed by atoms with Crippen LogP contribution < -0.4 is 0 Å². The first-order valence-corrected chi connectivity index (χ1v) is 9.74. The zero-order valence-electron chi connectivity index (χ0n) is 12.1. The lowest BCUT2D eigenvalue weighted by Crippen LogP contribution is -2.47. The average Bonchev–Trinajstić information content (AvgIpc) is 2.46. The van der Waals surface area contributed by atoms with Crippen molar-refractivity contribution < 1.29 is 23.1 Å². The van der Waals surface area contributed by atoms with Gasteiger partial charge in [-0.3, -0.25) is 9.59 Å². The quantitative estimate of drug-likeness (QED) is 0.881. The monoisotopic (exact) mass is 343 g/mol. The highest BCUT2D eigenvalue weighted by Gasteiger charge is 2.29. The third-order valence-corrected chi connectivity index (χ3v) is 5.61. The Morgan fingerprint density at radius 3 is 2.77 bits per heavy atom. The van der Waals surface area contributed by atoms with Gasteiger partial charge in [-0.1, -0.05) is 6.07 Å². The number of benzene rings is 1. The van der Waals surface area contributed by atoms with E-state index in [0.717, 1.165) is 12.0 Å². The maximum atomic E-state index is 12.6. The predicted octanol–water partition coefficient (Wildman–Crippen LogP) is 1.12. The SMILES string of the molecule is CS(=O)(=O)c1cccc(C(=O)N2CCSCC2CC(=O)O)c1. The van der Waals surface area contributed by atoms with Crippen molar-refractivity contribution in [2.24, 2.45) is 0 Å². The molecule has 1 aliphatic rings. The van der Waals surface area contributed by atoms with Crippen LogP contribution in [0.15, 0.2) is 29.2 Å². The van der Waals surface area contributed by atoms with Crippen molar-refractivity contribution in [1.29, 1.82) is 0 Å².